The van der Waals surface area contributed by atoms with Crippen LogP contribution >= 0.6 is 0 Å². The van der Waals surface area contributed by atoms with E-state index in [9.17, 15) is 9.59 Å². The number of amides is 1. The minimum absolute atomic E-state index is 0.108. The number of nitrogens with two attached hydrogens (primary N) is 1. The second-order valence-corrected chi connectivity index (χ2v) is 3.38. The van der Waals surface area contributed by atoms with Crippen molar-refractivity contribution in [3.8, 4) is 5.75 Å². The number of ether oxygens (including phenoxy) is 1. The number of primary amides is 1. The number of carboxylic acids is 1. The Morgan fingerprint density at radius 3 is 2.71 bits per heavy atom. The molecule has 17 heavy (non-hydrogen) atoms. The predicted octanol–water partition coefficient (Wildman–Crippen LogP) is 0.821. The van der Waals surface area contributed by atoms with E-state index in [2.05, 4.69) is 0 Å². The van der Waals surface area contributed by atoms with Gasteiger partial charge in [0.05, 0.1) is 13.5 Å². The predicted molar refractivity (Wildman–Crippen MR) is 62.6 cm³/mol. The molecule has 0 aliphatic heterocycles. The van der Waals surface area contributed by atoms with E-state index in [4.69, 9.17) is 15.6 Å². The first-order chi connectivity index (χ1) is 8.02. The molecule has 90 valence electrons. The van der Waals surface area contributed by atoms with Crippen molar-refractivity contribution in [1.82, 2.24) is 0 Å². The number of methoxy groups -OCH3 is 1. The van der Waals surface area contributed by atoms with Gasteiger partial charge in [0.1, 0.15) is 5.75 Å². The molecule has 3 N–H and O–H groups in total. The fourth-order valence-electron chi connectivity index (χ4n) is 1.35. The van der Waals surface area contributed by atoms with Crippen molar-refractivity contribution in [2.24, 2.45) is 5.73 Å². The second-order valence-electron chi connectivity index (χ2n) is 3.38. The molecule has 0 saturated heterocycles. The lowest BCUT2D eigenvalue weighted by Gasteiger charge is -2.07. The summed E-state index contributed by atoms with van der Waals surface area (Å²) in [5.41, 5.74) is 6.27. The van der Waals surface area contributed by atoms with Crippen LogP contribution in [-0.4, -0.2) is 24.1 Å². The Morgan fingerprint density at radius 1 is 1.47 bits per heavy atom. The molecule has 1 aromatic carbocycles. The number of carbonyl (C=O) groups excluding carboxylic acids is 1. The molecule has 5 heteroatoms. The van der Waals surface area contributed by atoms with Crippen LogP contribution in [0.2, 0.25) is 0 Å². The molecule has 5 nitrogen and oxygen atoms in total. The average Bonchev–Trinajstić information content (AvgIpc) is 2.26. The molecule has 0 saturated carbocycles. The van der Waals surface area contributed by atoms with Crippen molar-refractivity contribution in [1.29, 1.82) is 0 Å². The summed E-state index contributed by atoms with van der Waals surface area (Å²) in [6.45, 7) is 0. The van der Waals surface area contributed by atoms with E-state index in [0.29, 0.717) is 11.3 Å². The minimum atomic E-state index is -0.927. The SMILES string of the molecule is COc1cc(C=CC(N)=O)ccc1CC(=O)O. The van der Waals surface area contributed by atoms with Crippen molar-refractivity contribution >= 4 is 18.0 Å². The molecule has 0 atom stereocenters. The highest BCUT2D eigenvalue weighted by Gasteiger charge is 2.07. The maximum atomic E-state index is 10.6. The normalized spacial score (nSPS) is 10.4. The van der Waals surface area contributed by atoms with Gasteiger partial charge in [-0.15, -0.1) is 0 Å². The van der Waals surface area contributed by atoms with E-state index in [1.807, 2.05) is 0 Å². The summed E-state index contributed by atoms with van der Waals surface area (Å²) < 4.78 is 5.08. The van der Waals surface area contributed by atoms with Crippen molar-refractivity contribution in [2.75, 3.05) is 7.11 Å². The van der Waals surface area contributed by atoms with Gasteiger partial charge in [0, 0.05) is 11.6 Å². The molecular formula is C12H13NO4. The third-order valence-electron chi connectivity index (χ3n) is 2.09. The first-order valence-corrected chi connectivity index (χ1v) is 4.89. The fourth-order valence-corrected chi connectivity index (χ4v) is 1.35. The maximum absolute atomic E-state index is 10.6. The third kappa shape index (κ3) is 3.98. The van der Waals surface area contributed by atoms with Crippen LogP contribution in [0.4, 0.5) is 0 Å². The van der Waals surface area contributed by atoms with Gasteiger partial charge in [-0.3, -0.25) is 9.59 Å². The maximum Gasteiger partial charge on any atom is 0.307 e. The van der Waals surface area contributed by atoms with Gasteiger partial charge in [-0.05, 0) is 17.7 Å². The number of benzene rings is 1. The lowest BCUT2D eigenvalue weighted by molar-refractivity contribution is -0.136. The Kier molecular flexibility index (Phi) is 4.28. The topological polar surface area (TPSA) is 89.6 Å². The summed E-state index contributed by atoms with van der Waals surface area (Å²) in [7, 11) is 1.46. The molecule has 0 radical (unpaired) electrons. The van der Waals surface area contributed by atoms with Crippen LogP contribution < -0.4 is 10.5 Å². The van der Waals surface area contributed by atoms with E-state index in [0.717, 1.165) is 5.56 Å². The Hall–Kier alpha value is -2.30. The van der Waals surface area contributed by atoms with E-state index >= 15 is 0 Å². The molecular weight excluding hydrogens is 222 g/mol. The first kappa shape index (κ1) is 12.8. The summed E-state index contributed by atoms with van der Waals surface area (Å²) in [4.78, 5) is 21.2. The van der Waals surface area contributed by atoms with E-state index in [1.54, 1.807) is 18.2 Å². The molecule has 0 heterocycles. The van der Waals surface area contributed by atoms with Crippen LogP contribution in [0, 0.1) is 0 Å². The van der Waals surface area contributed by atoms with Crippen LogP contribution in [0.15, 0.2) is 24.3 Å². The number of carboxylic acid groups (broad SMARTS) is 1. The first-order valence-electron chi connectivity index (χ1n) is 4.89. The molecule has 1 amide bonds. The smallest absolute Gasteiger partial charge is 0.307 e. The molecule has 1 rings (SSSR count). The number of hydrogen-bond donors (Lipinski definition) is 2. The number of carbonyl (C=O) groups is 2. The Bertz CT molecular complexity index is 466. The molecule has 0 fully saturated rings. The van der Waals surface area contributed by atoms with Crippen LogP contribution in [0.3, 0.4) is 0 Å². The Morgan fingerprint density at radius 2 is 2.18 bits per heavy atom. The lowest BCUT2D eigenvalue weighted by Crippen LogP contribution is -2.05. The lowest BCUT2D eigenvalue weighted by atomic mass is 10.1. The summed E-state index contributed by atoms with van der Waals surface area (Å²) in [5.74, 6) is -0.999. The van der Waals surface area contributed by atoms with E-state index in [1.165, 1.54) is 19.3 Å². The van der Waals surface area contributed by atoms with Crippen LogP contribution in [-0.2, 0) is 16.0 Å². The fraction of sp³-hybridized carbons (Fsp3) is 0.167. The van der Waals surface area contributed by atoms with Gasteiger partial charge in [-0.25, -0.2) is 0 Å². The molecule has 1 aromatic rings. The number of aliphatic carboxylic acids is 1. The number of hydrogen-bond acceptors (Lipinski definition) is 3. The third-order valence-corrected chi connectivity index (χ3v) is 2.09. The molecule has 0 aromatic heterocycles. The number of rotatable bonds is 5. The summed E-state index contributed by atoms with van der Waals surface area (Å²) in [5, 5.41) is 8.70. The van der Waals surface area contributed by atoms with Gasteiger partial charge in [-0.1, -0.05) is 12.1 Å². The summed E-state index contributed by atoms with van der Waals surface area (Å²) in [6, 6.07) is 4.99. The zero-order chi connectivity index (χ0) is 12.8. The Labute approximate surface area is 98.5 Å². The largest absolute Gasteiger partial charge is 0.496 e. The summed E-state index contributed by atoms with van der Waals surface area (Å²) in [6.07, 6.45) is 2.66. The Balaban J connectivity index is 2.99. The van der Waals surface area contributed by atoms with Crippen molar-refractivity contribution in [2.45, 2.75) is 6.42 Å². The van der Waals surface area contributed by atoms with Gasteiger partial charge in [-0.2, -0.15) is 0 Å². The van der Waals surface area contributed by atoms with Gasteiger partial charge >= 0.3 is 5.97 Å². The van der Waals surface area contributed by atoms with Gasteiger partial charge in [0.2, 0.25) is 5.91 Å². The van der Waals surface area contributed by atoms with Gasteiger partial charge in [0.15, 0.2) is 0 Å². The van der Waals surface area contributed by atoms with Crippen LogP contribution in [0.5, 0.6) is 5.75 Å². The molecule has 0 spiro atoms. The highest BCUT2D eigenvalue weighted by molar-refractivity contribution is 5.90. The standard InChI is InChI=1S/C12H13NO4/c1-17-10-6-8(3-5-11(13)14)2-4-9(10)7-12(15)16/h2-6H,7H2,1H3,(H2,13,14)(H,15,16). The minimum Gasteiger partial charge on any atom is -0.496 e. The molecule has 0 aliphatic rings. The van der Waals surface area contributed by atoms with Crippen molar-refractivity contribution in [3.05, 3.63) is 35.4 Å². The molecule has 0 aliphatic carbocycles. The van der Waals surface area contributed by atoms with Gasteiger partial charge < -0.3 is 15.6 Å². The highest BCUT2D eigenvalue weighted by atomic mass is 16.5. The zero-order valence-corrected chi connectivity index (χ0v) is 9.34. The van der Waals surface area contributed by atoms with Crippen LogP contribution in [0.25, 0.3) is 6.08 Å². The highest BCUT2D eigenvalue weighted by Crippen LogP contribution is 2.21. The van der Waals surface area contributed by atoms with Crippen molar-refractivity contribution in [3.63, 3.8) is 0 Å². The van der Waals surface area contributed by atoms with E-state index < -0.39 is 11.9 Å². The van der Waals surface area contributed by atoms with Gasteiger partial charge in [0.25, 0.3) is 0 Å². The quantitative estimate of drug-likeness (QED) is 0.739. The monoisotopic (exact) mass is 235 g/mol. The molecule has 0 unspecified atom stereocenters. The second kappa shape index (κ2) is 5.69. The van der Waals surface area contributed by atoms with Crippen LogP contribution in [0.1, 0.15) is 11.1 Å². The zero-order valence-electron chi connectivity index (χ0n) is 9.34. The van der Waals surface area contributed by atoms with Crippen molar-refractivity contribution < 1.29 is 19.4 Å². The molecule has 0 bridgehead atoms. The summed E-state index contributed by atoms with van der Waals surface area (Å²) >= 11 is 0. The average molecular weight is 235 g/mol. The van der Waals surface area contributed by atoms with E-state index in [-0.39, 0.29) is 6.42 Å².